The summed E-state index contributed by atoms with van der Waals surface area (Å²) >= 11 is 0. The molecule has 1 unspecified atom stereocenters. The van der Waals surface area contributed by atoms with Crippen molar-refractivity contribution in [3.8, 4) is 44.5 Å². The van der Waals surface area contributed by atoms with Crippen LogP contribution in [-0.2, 0) is 11.8 Å². The van der Waals surface area contributed by atoms with Crippen LogP contribution in [0.4, 0.5) is 0 Å². The second-order valence-corrected chi connectivity index (χ2v) is 17.5. The van der Waals surface area contributed by atoms with Gasteiger partial charge in [-0.25, -0.2) is 0 Å². The van der Waals surface area contributed by atoms with E-state index in [9.17, 15) is 0 Å². The smallest absolute Gasteiger partial charge is 0.144 e. The lowest BCUT2D eigenvalue weighted by Crippen LogP contribution is -2.16. The summed E-state index contributed by atoms with van der Waals surface area (Å²) in [5, 5.41) is 4.32. The number of hydrogen-bond donors (Lipinski definition) is 0. The van der Waals surface area contributed by atoms with E-state index in [2.05, 4.69) is 190 Å². The number of fused-ring (bicyclic) bond motifs is 12. The fraction of sp³-hybridized carbons (Fsp3) is 0.0847. The van der Waals surface area contributed by atoms with Crippen molar-refractivity contribution in [2.75, 3.05) is 0 Å². The predicted octanol–water partition coefficient (Wildman–Crippen LogP) is 15.9. The summed E-state index contributed by atoms with van der Waals surface area (Å²) in [6.07, 6.45) is 0.948. The molecule has 0 aliphatic heterocycles. The molecule has 13 rings (SSSR count). The standard InChI is InChI=1S/C59H40O2/c1-59(2)50-21-10-8-17-43(50)44-29-28-40(32-51(44)59)55(46-20-12-19-42-41-16-7-6-15-39(41)31-48(42)46)37-25-23-35(24-26-37)38-27-30-45-49-34-54-57(47-18-9-11-22-52(47)60-54)56(36-13-4-3-5-14-36)58(49)61-53(45)33-38/h3-30,32-34,55H,31H2,1-2H3. The highest BCUT2D eigenvalue weighted by atomic mass is 16.3. The zero-order valence-corrected chi connectivity index (χ0v) is 34.0. The lowest BCUT2D eigenvalue weighted by molar-refractivity contribution is 0.659. The minimum absolute atomic E-state index is 0.0617. The van der Waals surface area contributed by atoms with Crippen molar-refractivity contribution in [1.29, 1.82) is 0 Å². The van der Waals surface area contributed by atoms with E-state index in [0.29, 0.717) is 0 Å². The number of furan rings is 2. The molecule has 11 aromatic rings. The molecule has 2 aromatic heterocycles. The van der Waals surface area contributed by atoms with Crippen LogP contribution in [0.2, 0.25) is 0 Å². The number of benzene rings is 9. The van der Waals surface area contributed by atoms with Gasteiger partial charge in [-0.2, -0.15) is 0 Å². The van der Waals surface area contributed by atoms with Gasteiger partial charge in [-0.1, -0.05) is 178 Å². The van der Waals surface area contributed by atoms with Crippen molar-refractivity contribution in [3.63, 3.8) is 0 Å². The average molecular weight is 781 g/mol. The molecule has 2 nitrogen and oxygen atoms in total. The summed E-state index contributed by atoms with van der Waals surface area (Å²) in [6.45, 7) is 4.76. The van der Waals surface area contributed by atoms with E-state index in [1.54, 1.807) is 0 Å². The molecular formula is C59H40O2. The highest BCUT2D eigenvalue weighted by molar-refractivity contribution is 6.23. The van der Waals surface area contributed by atoms with E-state index in [-0.39, 0.29) is 11.3 Å². The summed E-state index contributed by atoms with van der Waals surface area (Å²) < 4.78 is 13.4. The molecule has 0 spiro atoms. The molecule has 0 saturated carbocycles. The van der Waals surface area contributed by atoms with Crippen molar-refractivity contribution in [2.45, 2.75) is 31.6 Å². The zero-order valence-electron chi connectivity index (χ0n) is 34.0. The summed E-state index contributed by atoms with van der Waals surface area (Å²) in [5.74, 6) is 0.0617. The Bertz CT molecular complexity index is 3580. The Morgan fingerprint density at radius 1 is 0.443 bits per heavy atom. The van der Waals surface area contributed by atoms with Gasteiger partial charge in [-0.15, -0.1) is 0 Å². The normalized spacial score (nSPS) is 14.1. The first-order chi connectivity index (χ1) is 30.0. The Labute approximate surface area is 354 Å². The van der Waals surface area contributed by atoms with Crippen LogP contribution < -0.4 is 0 Å². The van der Waals surface area contributed by atoms with Crippen LogP contribution in [0.5, 0.6) is 0 Å². The van der Waals surface area contributed by atoms with Gasteiger partial charge >= 0.3 is 0 Å². The van der Waals surface area contributed by atoms with Crippen LogP contribution in [0, 0.1) is 0 Å². The second-order valence-electron chi connectivity index (χ2n) is 17.5. The van der Waals surface area contributed by atoms with E-state index in [4.69, 9.17) is 8.83 Å². The van der Waals surface area contributed by atoms with Gasteiger partial charge in [-0.3, -0.25) is 0 Å². The average Bonchev–Trinajstić information content (AvgIpc) is 4.04. The van der Waals surface area contributed by atoms with Gasteiger partial charge in [-0.05, 0) is 109 Å². The highest BCUT2D eigenvalue weighted by Crippen LogP contribution is 2.51. The second kappa shape index (κ2) is 12.8. The third-order valence-corrected chi connectivity index (χ3v) is 13.9. The van der Waals surface area contributed by atoms with E-state index in [1.165, 1.54) is 61.2 Å². The molecule has 0 N–H and O–H groups in total. The van der Waals surface area contributed by atoms with Gasteiger partial charge in [0.25, 0.3) is 0 Å². The van der Waals surface area contributed by atoms with E-state index in [1.807, 2.05) is 12.1 Å². The molecule has 2 aliphatic carbocycles. The molecule has 0 radical (unpaired) electrons. The van der Waals surface area contributed by atoms with Gasteiger partial charge in [0.2, 0.25) is 0 Å². The van der Waals surface area contributed by atoms with Gasteiger partial charge in [0.1, 0.15) is 22.3 Å². The quantitative estimate of drug-likeness (QED) is 0.163. The third kappa shape index (κ3) is 5.03. The van der Waals surface area contributed by atoms with Crippen LogP contribution in [0.3, 0.4) is 0 Å². The first-order valence-corrected chi connectivity index (χ1v) is 21.4. The molecule has 1 atom stereocenters. The van der Waals surface area contributed by atoms with Crippen molar-refractivity contribution in [3.05, 3.63) is 227 Å². The van der Waals surface area contributed by atoms with Crippen LogP contribution >= 0.6 is 0 Å². The Morgan fingerprint density at radius 2 is 1.16 bits per heavy atom. The molecule has 0 fully saturated rings. The van der Waals surface area contributed by atoms with Gasteiger partial charge in [0.05, 0.1) is 0 Å². The Kier molecular flexibility index (Phi) is 7.22. The maximum absolute atomic E-state index is 6.91. The van der Waals surface area contributed by atoms with Crippen LogP contribution in [-0.4, -0.2) is 0 Å². The van der Waals surface area contributed by atoms with Gasteiger partial charge in [0, 0.05) is 38.4 Å². The minimum Gasteiger partial charge on any atom is -0.456 e. The first kappa shape index (κ1) is 34.4. The molecule has 0 amide bonds. The predicted molar refractivity (Wildman–Crippen MR) is 252 cm³/mol. The molecule has 9 aromatic carbocycles. The molecular weight excluding hydrogens is 741 g/mol. The summed E-state index contributed by atoms with van der Waals surface area (Å²) in [7, 11) is 0. The van der Waals surface area contributed by atoms with Crippen molar-refractivity contribution in [1.82, 2.24) is 0 Å². The molecule has 0 saturated heterocycles. The van der Waals surface area contributed by atoms with E-state index >= 15 is 0 Å². The fourth-order valence-corrected chi connectivity index (χ4v) is 10.9. The molecule has 0 bridgehead atoms. The third-order valence-electron chi connectivity index (χ3n) is 13.9. The molecule has 2 aliphatic rings. The highest BCUT2D eigenvalue weighted by Gasteiger charge is 2.36. The first-order valence-electron chi connectivity index (χ1n) is 21.4. The van der Waals surface area contributed by atoms with Crippen molar-refractivity contribution >= 4 is 43.9 Å². The van der Waals surface area contributed by atoms with Crippen LogP contribution in [0.15, 0.2) is 197 Å². The summed E-state index contributed by atoms with van der Waals surface area (Å²) in [6, 6.07) is 69.0. The fourth-order valence-electron chi connectivity index (χ4n) is 10.9. The minimum atomic E-state index is -0.0833. The van der Waals surface area contributed by atoms with Crippen LogP contribution in [0.1, 0.15) is 58.7 Å². The lowest BCUT2D eigenvalue weighted by Gasteiger charge is -2.26. The van der Waals surface area contributed by atoms with Gasteiger partial charge < -0.3 is 8.83 Å². The molecule has 2 heteroatoms. The Hall–Kier alpha value is -7.42. The summed E-state index contributed by atoms with van der Waals surface area (Å²) in [4.78, 5) is 0. The number of rotatable bonds is 5. The largest absolute Gasteiger partial charge is 0.456 e. The van der Waals surface area contributed by atoms with Crippen molar-refractivity contribution in [2.24, 2.45) is 0 Å². The molecule has 288 valence electrons. The summed E-state index contributed by atoms with van der Waals surface area (Å²) in [5.41, 5.74) is 22.9. The Morgan fingerprint density at radius 3 is 2.05 bits per heavy atom. The van der Waals surface area contributed by atoms with Gasteiger partial charge in [0.15, 0.2) is 0 Å². The Balaban J connectivity index is 0.943. The van der Waals surface area contributed by atoms with E-state index in [0.717, 1.165) is 72.6 Å². The monoisotopic (exact) mass is 780 g/mol. The number of para-hydroxylation sites is 1. The van der Waals surface area contributed by atoms with Crippen LogP contribution in [0.25, 0.3) is 88.4 Å². The number of hydrogen-bond acceptors (Lipinski definition) is 2. The SMILES string of the molecule is CC1(C)c2ccccc2-c2ccc(C(c3ccc(-c4ccc5c(c4)oc4c(-c6ccccc6)c6c(cc45)oc4ccccc46)cc3)c3cccc4c3Cc3ccccc3-4)cc21. The maximum Gasteiger partial charge on any atom is 0.144 e. The molecule has 61 heavy (non-hydrogen) atoms. The maximum atomic E-state index is 6.91. The lowest BCUT2D eigenvalue weighted by atomic mass is 9.77. The van der Waals surface area contributed by atoms with Crippen molar-refractivity contribution < 1.29 is 8.83 Å². The van der Waals surface area contributed by atoms with E-state index < -0.39 is 0 Å². The molecule has 2 heterocycles. The zero-order chi connectivity index (χ0) is 40.4. The topological polar surface area (TPSA) is 26.3 Å².